The summed E-state index contributed by atoms with van der Waals surface area (Å²) in [5.41, 5.74) is 0. The van der Waals surface area contributed by atoms with Gasteiger partial charge in [-0.2, -0.15) is 0 Å². The molecule has 0 atom stereocenters. The summed E-state index contributed by atoms with van der Waals surface area (Å²) in [5, 5.41) is 12.0. The van der Waals surface area contributed by atoms with Crippen molar-refractivity contribution in [3.63, 3.8) is 0 Å². The van der Waals surface area contributed by atoms with Gasteiger partial charge in [-0.15, -0.1) is 0 Å². The molecule has 0 aromatic carbocycles. The summed E-state index contributed by atoms with van der Waals surface area (Å²) in [4.78, 5) is 0. The Morgan fingerprint density at radius 2 is 0.833 bits per heavy atom. The van der Waals surface area contributed by atoms with E-state index in [4.69, 9.17) is 10.5 Å². The smallest absolute Gasteiger partial charge is 0.271 e. The molecule has 0 unspecified atom stereocenters. The second-order valence-electron chi connectivity index (χ2n) is 3.24. The van der Waals surface area contributed by atoms with Crippen LogP contribution in [-0.2, 0) is 0 Å². The molecule has 0 fully saturated rings. The van der Waals surface area contributed by atoms with Gasteiger partial charge in [0.15, 0.2) is 0 Å². The van der Waals surface area contributed by atoms with Crippen LogP contribution in [-0.4, -0.2) is 75.8 Å². The number of nitrogens with zero attached hydrogens (tertiary/aromatic N) is 3. The first kappa shape index (κ1) is 14.5. The quantitative estimate of drug-likeness (QED) is 0.358. The monoisotopic (exact) mass is 195 g/mol. The third-order valence-electron chi connectivity index (χ3n) is 1.39. The van der Waals surface area contributed by atoms with E-state index in [2.05, 4.69) is 56.0 Å². The summed E-state index contributed by atoms with van der Waals surface area (Å²) >= 11 is 0. The minimum absolute atomic E-state index is 0.954. The third-order valence-corrected chi connectivity index (χ3v) is 4.16. The fourth-order valence-electron chi connectivity index (χ4n) is 1.39. The van der Waals surface area contributed by atoms with Gasteiger partial charge in [0.2, 0.25) is 0 Å². The summed E-state index contributed by atoms with van der Waals surface area (Å²) in [5.74, 6) is 0. The largest absolute Gasteiger partial charge is 0.308 e. The molecular weight excluding hydrogens is 174 g/mol. The lowest BCUT2D eigenvalue weighted by atomic mass is 11.2. The van der Waals surface area contributed by atoms with Gasteiger partial charge in [-0.05, 0) is 42.3 Å². The SMILES string of the molecule is CN(C)[SiH](N(C)C)N(C)C.OO. The Labute approximate surface area is 76.6 Å². The highest BCUT2D eigenvalue weighted by atomic mass is 28.3. The van der Waals surface area contributed by atoms with E-state index in [1.807, 2.05) is 0 Å². The highest BCUT2D eigenvalue weighted by molar-refractivity contribution is 6.49. The Kier molecular flexibility index (Phi) is 9.27. The van der Waals surface area contributed by atoms with Crippen LogP contribution in [0.25, 0.3) is 0 Å². The van der Waals surface area contributed by atoms with Crippen molar-refractivity contribution in [1.29, 1.82) is 0 Å². The lowest BCUT2D eigenvalue weighted by Gasteiger charge is -2.33. The van der Waals surface area contributed by atoms with Crippen LogP contribution in [0.1, 0.15) is 0 Å². The van der Waals surface area contributed by atoms with Crippen LogP contribution in [0.2, 0.25) is 0 Å². The fraction of sp³-hybridized carbons (Fsp3) is 1.00. The molecule has 12 heavy (non-hydrogen) atoms. The summed E-state index contributed by atoms with van der Waals surface area (Å²) in [6, 6.07) is 0. The van der Waals surface area contributed by atoms with Crippen molar-refractivity contribution >= 4 is 9.28 Å². The van der Waals surface area contributed by atoms with E-state index in [9.17, 15) is 0 Å². The molecular formula is C6H21N3O2Si. The van der Waals surface area contributed by atoms with Gasteiger partial charge < -0.3 is 13.7 Å². The Bertz CT molecular complexity index is 81.8. The first-order chi connectivity index (χ1) is 5.46. The van der Waals surface area contributed by atoms with Gasteiger partial charge in [0.25, 0.3) is 9.28 Å². The van der Waals surface area contributed by atoms with Crippen molar-refractivity contribution in [3.05, 3.63) is 0 Å². The molecule has 0 aliphatic rings. The van der Waals surface area contributed by atoms with Crippen LogP contribution in [0.4, 0.5) is 0 Å². The average Bonchev–Trinajstić information content (AvgIpc) is 1.88. The molecule has 0 amide bonds. The van der Waals surface area contributed by atoms with Gasteiger partial charge in [-0.3, -0.25) is 10.5 Å². The maximum absolute atomic E-state index is 6.00. The normalized spacial score (nSPS) is 11.0. The summed E-state index contributed by atoms with van der Waals surface area (Å²) in [7, 11) is 11.9. The summed E-state index contributed by atoms with van der Waals surface area (Å²) < 4.78 is 6.92. The van der Waals surface area contributed by atoms with Crippen LogP contribution in [0.5, 0.6) is 0 Å². The Morgan fingerprint density at radius 1 is 0.667 bits per heavy atom. The van der Waals surface area contributed by atoms with E-state index in [1.54, 1.807) is 0 Å². The molecule has 0 saturated heterocycles. The van der Waals surface area contributed by atoms with Gasteiger partial charge >= 0.3 is 0 Å². The highest BCUT2D eigenvalue weighted by Crippen LogP contribution is 1.93. The van der Waals surface area contributed by atoms with E-state index in [0.717, 1.165) is 0 Å². The fourth-order valence-corrected chi connectivity index (χ4v) is 4.16. The molecule has 2 N–H and O–H groups in total. The molecule has 0 bridgehead atoms. The number of hydrogen-bond donors (Lipinski definition) is 2. The zero-order valence-corrected chi connectivity index (χ0v) is 9.97. The van der Waals surface area contributed by atoms with Crippen molar-refractivity contribution < 1.29 is 10.5 Å². The van der Waals surface area contributed by atoms with Crippen molar-refractivity contribution in [2.45, 2.75) is 0 Å². The van der Waals surface area contributed by atoms with Crippen LogP contribution in [0.3, 0.4) is 0 Å². The lowest BCUT2D eigenvalue weighted by molar-refractivity contribution is -0.176. The third kappa shape index (κ3) is 5.64. The van der Waals surface area contributed by atoms with Crippen molar-refractivity contribution in [2.24, 2.45) is 0 Å². The second-order valence-corrected chi connectivity index (χ2v) is 7.03. The van der Waals surface area contributed by atoms with Crippen molar-refractivity contribution in [3.8, 4) is 0 Å². The number of rotatable bonds is 3. The van der Waals surface area contributed by atoms with Gasteiger partial charge in [0.05, 0.1) is 0 Å². The molecule has 0 aromatic rings. The van der Waals surface area contributed by atoms with Crippen LogP contribution in [0.15, 0.2) is 0 Å². The maximum atomic E-state index is 6.00. The molecule has 0 aliphatic carbocycles. The summed E-state index contributed by atoms with van der Waals surface area (Å²) in [6.07, 6.45) is 0. The lowest BCUT2D eigenvalue weighted by Crippen LogP contribution is -2.55. The molecule has 0 aliphatic heterocycles. The maximum Gasteiger partial charge on any atom is 0.271 e. The Hall–Kier alpha value is 0.0169. The van der Waals surface area contributed by atoms with Crippen molar-refractivity contribution in [2.75, 3.05) is 42.3 Å². The predicted octanol–water partition coefficient (Wildman–Crippen LogP) is -0.594. The molecule has 6 heteroatoms. The molecule has 0 aromatic heterocycles. The van der Waals surface area contributed by atoms with Gasteiger partial charge in [-0.25, -0.2) is 0 Å². The van der Waals surface area contributed by atoms with Gasteiger partial charge in [0.1, 0.15) is 0 Å². The second kappa shape index (κ2) is 7.65. The molecule has 0 spiro atoms. The first-order valence-corrected chi connectivity index (χ1v) is 5.21. The molecule has 0 radical (unpaired) electrons. The standard InChI is InChI=1S/C6H19N3Si.H2O2/c1-7(2)10(8(3)4)9(5)6;1-2/h10H,1-6H3;1-2H. The van der Waals surface area contributed by atoms with E-state index >= 15 is 0 Å². The van der Waals surface area contributed by atoms with E-state index in [-0.39, 0.29) is 0 Å². The van der Waals surface area contributed by atoms with Crippen LogP contribution in [0, 0.1) is 0 Å². The van der Waals surface area contributed by atoms with Gasteiger partial charge in [0, 0.05) is 0 Å². The molecule has 0 saturated carbocycles. The van der Waals surface area contributed by atoms with Crippen LogP contribution >= 0.6 is 0 Å². The molecule has 0 rings (SSSR count). The Morgan fingerprint density at radius 3 is 0.833 bits per heavy atom. The zero-order valence-electron chi connectivity index (χ0n) is 8.81. The topological polar surface area (TPSA) is 50.2 Å². The zero-order chi connectivity index (χ0) is 10.3. The Balaban J connectivity index is 0. The predicted molar refractivity (Wildman–Crippen MR) is 53.5 cm³/mol. The molecule has 76 valence electrons. The number of hydrogen-bond acceptors (Lipinski definition) is 5. The minimum Gasteiger partial charge on any atom is -0.308 e. The molecule has 0 heterocycles. The molecule has 5 nitrogen and oxygen atoms in total. The van der Waals surface area contributed by atoms with Crippen molar-refractivity contribution in [1.82, 2.24) is 13.7 Å². The average molecular weight is 195 g/mol. The summed E-state index contributed by atoms with van der Waals surface area (Å²) in [6.45, 7) is 0. The van der Waals surface area contributed by atoms with E-state index in [1.165, 1.54) is 0 Å². The first-order valence-electron chi connectivity index (χ1n) is 3.66. The van der Waals surface area contributed by atoms with Crippen LogP contribution < -0.4 is 0 Å². The minimum atomic E-state index is -0.954. The van der Waals surface area contributed by atoms with E-state index < -0.39 is 9.28 Å². The van der Waals surface area contributed by atoms with Gasteiger partial charge in [-0.1, -0.05) is 0 Å². The van der Waals surface area contributed by atoms with E-state index in [0.29, 0.717) is 0 Å². The highest BCUT2D eigenvalue weighted by Gasteiger charge is 2.18.